The van der Waals surface area contributed by atoms with Crippen LogP contribution < -0.4 is 0 Å². The topological polar surface area (TPSA) is 48.5 Å². The van der Waals surface area contributed by atoms with Crippen LogP contribution in [-0.4, -0.2) is 24.1 Å². The summed E-state index contributed by atoms with van der Waals surface area (Å²) in [7, 11) is 0. The molecular weight excluding hydrogens is 646 g/mol. The molecule has 3 aromatic heterocycles. The van der Waals surface area contributed by atoms with E-state index in [1.165, 1.54) is 33.2 Å². The zero-order chi connectivity index (χ0) is 33.6. The van der Waals surface area contributed by atoms with Gasteiger partial charge in [0.25, 0.3) is 0 Å². The van der Waals surface area contributed by atoms with Gasteiger partial charge in [0.05, 0.1) is 27.8 Å². The SMILES string of the molecule is Clc1nc(-c2ccc(-c3ccccc3)cc2)nc(-n2c3ccccc3c3ccc4c5cccc6c5n(c4c32)-c2ccccc2-c2ccccc2-6)n1. The number of para-hydroxylation sites is 3. The van der Waals surface area contributed by atoms with E-state index < -0.39 is 0 Å². The van der Waals surface area contributed by atoms with Gasteiger partial charge in [0.15, 0.2) is 5.82 Å². The number of halogens is 1. The highest BCUT2D eigenvalue weighted by Gasteiger charge is 2.27. The molecule has 0 amide bonds. The first kappa shape index (κ1) is 28.3. The Balaban J connectivity index is 1.24. The first-order valence-corrected chi connectivity index (χ1v) is 17.4. The van der Waals surface area contributed by atoms with Gasteiger partial charge in [-0.05, 0) is 46.0 Å². The first-order valence-electron chi connectivity index (χ1n) is 17.0. The Morgan fingerprint density at radius 2 is 0.941 bits per heavy atom. The first-order chi connectivity index (χ1) is 25.2. The van der Waals surface area contributed by atoms with Crippen molar-refractivity contribution in [2.75, 3.05) is 0 Å². The molecule has 5 nitrogen and oxygen atoms in total. The van der Waals surface area contributed by atoms with Crippen LogP contribution in [0.3, 0.4) is 0 Å². The lowest BCUT2D eigenvalue weighted by atomic mass is 9.94. The highest BCUT2D eigenvalue weighted by molar-refractivity contribution is 6.28. The van der Waals surface area contributed by atoms with Crippen LogP contribution in [0.1, 0.15) is 0 Å². The molecule has 10 aromatic rings. The van der Waals surface area contributed by atoms with Crippen molar-refractivity contribution in [1.29, 1.82) is 0 Å². The molecule has 0 spiro atoms. The van der Waals surface area contributed by atoms with Crippen molar-refractivity contribution >= 4 is 55.2 Å². The van der Waals surface area contributed by atoms with Crippen LogP contribution in [-0.2, 0) is 0 Å². The monoisotopic (exact) mass is 671 g/mol. The molecule has 238 valence electrons. The number of hydrogen-bond acceptors (Lipinski definition) is 3. The molecule has 1 aliphatic rings. The lowest BCUT2D eigenvalue weighted by molar-refractivity contribution is 0.947. The molecule has 6 heteroatoms. The fraction of sp³-hybridized carbons (Fsp3) is 0. The minimum atomic E-state index is 0.141. The minimum Gasteiger partial charge on any atom is -0.306 e. The fourth-order valence-corrected chi connectivity index (χ4v) is 8.28. The summed E-state index contributed by atoms with van der Waals surface area (Å²) in [5.41, 5.74) is 13.4. The van der Waals surface area contributed by atoms with Gasteiger partial charge in [-0.1, -0.05) is 146 Å². The van der Waals surface area contributed by atoms with E-state index in [4.69, 9.17) is 21.6 Å². The standard InChI is InChI=1S/C45H26ClN5/c46-44-47-43(29-23-21-28(22-24-29)27-11-2-1-3-12-27)48-45(49-44)51-39-20-9-7-16-33(39)36-25-26-37-35-18-10-17-34-31-14-5-4-13-30(31)32-15-6-8-19-38(32)50(40(34)35)41(37)42(36)51/h1-26H. The number of benzene rings is 7. The van der Waals surface area contributed by atoms with Gasteiger partial charge in [-0.3, -0.25) is 4.57 Å². The molecule has 4 heterocycles. The van der Waals surface area contributed by atoms with Gasteiger partial charge in [0.2, 0.25) is 11.2 Å². The van der Waals surface area contributed by atoms with Crippen molar-refractivity contribution in [2.45, 2.75) is 0 Å². The highest BCUT2D eigenvalue weighted by atomic mass is 35.5. The molecule has 51 heavy (non-hydrogen) atoms. The molecule has 11 rings (SSSR count). The maximum Gasteiger partial charge on any atom is 0.239 e. The number of hydrogen-bond donors (Lipinski definition) is 0. The Hall–Kier alpha value is -6.56. The van der Waals surface area contributed by atoms with Gasteiger partial charge in [-0.15, -0.1) is 0 Å². The van der Waals surface area contributed by atoms with Gasteiger partial charge in [0, 0.05) is 38.2 Å². The lowest BCUT2D eigenvalue weighted by Gasteiger charge is -2.14. The van der Waals surface area contributed by atoms with Crippen LogP contribution in [0, 0.1) is 0 Å². The van der Waals surface area contributed by atoms with Gasteiger partial charge in [-0.25, -0.2) is 0 Å². The number of fused-ring (bicyclic) bond motifs is 12. The molecule has 0 saturated carbocycles. The van der Waals surface area contributed by atoms with Gasteiger partial charge in [-0.2, -0.15) is 15.0 Å². The van der Waals surface area contributed by atoms with Crippen LogP contribution in [0.2, 0.25) is 5.28 Å². The van der Waals surface area contributed by atoms with Crippen molar-refractivity contribution in [3.05, 3.63) is 163 Å². The summed E-state index contributed by atoms with van der Waals surface area (Å²) in [4.78, 5) is 14.6. The number of nitrogens with zero attached hydrogens (tertiary/aromatic N) is 5. The van der Waals surface area contributed by atoms with Gasteiger partial charge < -0.3 is 4.57 Å². The maximum atomic E-state index is 6.78. The van der Waals surface area contributed by atoms with E-state index in [1.54, 1.807) is 0 Å². The average Bonchev–Trinajstić information content (AvgIpc) is 3.67. The van der Waals surface area contributed by atoms with Crippen LogP contribution in [0.15, 0.2) is 158 Å². The summed E-state index contributed by atoms with van der Waals surface area (Å²) in [5, 5.41) is 4.73. The van der Waals surface area contributed by atoms with E-state index >= 15 is 0 Å². The Labute approximate surface area is 297 Å². The van der Waals surface area contributed by atoms with E-state index in [1.807, 2.05) is 30.3 Å². The Kier molecular flexibility index (Phi) is 5.95. The average molecular weight is 672 g/mol. The molecule has 0 unspecified atom stereocenters. The zero-order valence-electron chi connectivity index (χ0n) is 27.1. The summed E-state index contributed by atoms with van der Waals surface area (Å²) in [6.07, 6.45) is 0. The Morgan fingerprint density at radius 1 is 0.373 bits per heavy atom. The second-order valence-corrected chi connectivity index (χ2v) is 13.3. The van der Waals surface area contributed by atoms with Crippen molar-refractivity contribution in [3.63, 3.8) is 0 Å². The molecule has 7 aromatic carbocycles. The highest BCUT2D eigenvalue weighted by Crippen LogP contribution is 2.49. The molecule has 0 atom stereocenters. The van der Waals surface area contributed by atoms with E-state index in [0.29, 0.717) is 11.8 Å². The number of rotatable bonds is 3. The summed E-state index contributed by atoms with van der Waals surface area (Å²) < 4.78 is 4.63. The molecule has 0 fully saturated rings. The molecule has 0 radical (unpaired) electrons. The van der Waals surface area contributed by atoms with Crippen molar-refractivity contribution in [1.82, 2.24) is 24.1 Å². The third-order valence-electron chi connectivity index (χ3n) is 10.3. The van der Waals surface area contributed by atoms with Gasteiger partial charge in [0.1, 0.15) is 0 Å². The Bertz CT molecular complexity index is 3030. The van der Waals surface area contributed by atoms with Crippen LogP contribution in [0.5, 0.6) is 0 Å². The molecule has 0 aliphatic carbocycles. The largest absolute Gasteiger partial charge is 0.306 e. The van der Waals surface area contributed by atoms with Crippen molar-refractivity contribution < 1.29 is 0 Å². The minimum absolute atomic E-state index is 0.141. The summed E-state index contributed by atoms with van der Waals surface area (Å²) >= 11 is 6.78. The quantitative estimate of drug-likeness (QED) is 0.188. The molecule has 0 bridgehead atoms. The molecular formula is C45H26ClN5. The Morgan fingerprint density at radius 3 is 1.76 bits per heavy atom. The van der Waals surface area contributed by atoms with Crippen molar-refractivity contribution in [3.8, 4) is 56.4 Å². The van der Waals surface area contributed by atoms with E-state index in [2.05, 4.69) is 142 Å². The second-order valence-electron chi connectivity index (χ2n) is 13.0. The molecule has 0 N–H and O–H groups in total. The van der Waals surface area contributed by atoms with Crippen LogP contribution >= 0.6 is 11.6 Å². The summed E-state index contributed by atoms with van der Waals surface area (Å²) in [5.74, 6) is 0.989. The normalized spacial score (nSPS) is 12.0. The van der Waals surface area contributed by atoms with Crippen LogP contribution in [0.25, 0.3) is 100 Å². The fourth-order valence-electron chi connectivity index (χ4n) is 8.12. The van der Waals surface area contributed by atoms with E-state index in [9.17, 15) is 0 Å². The molecule has 1 aliphatic heterocycles. The van der Waals surface area contributed by atoms with E-state index in [0.717, 1.165) is 55.1 Å². The third kappa shape index (κ3) is 4.07. The lowest BCUT2D eigenvalue weighted by Crippen LogP contribution is -2.06. The third-order valence-corrected chi connectivity index (χ3v) is 10.5. The predicted molar refractivity (Wildman–Crippen MR) is 209 cm³/mol. The number of aromatic nitrogens is 5. The van der Waals surface area contributed by atoms with E-state index in [-0.39, 0.29) is 5.28 Å². The maximum absolute atomic E-state index is 6.78. The second kappa shape index (κ2) is 10.7. The predicted octanol–water partition coefficient (Wildman–Crippen LogP) is 11.7. The van der Waals surface area contributed by atoms with Gasteiger partial charge >= 0.3 is 0 Å². The molecule has 0 saturated heterocycles. The smallest absolute Gasteiger partial charge is 0.239 e. The summed E-state index contributed by atoms with van der Waals surface area (Å²) in [6.45, 7) is 0. The van der Waals surface area contributed by atoms with Crippen molar-refractivity contribution in [2.24, 2.45) is 0 Å². The van der Waals surface area contributed by atoms with Crippen LogP contribution in [0.4, 0.5) is 0 Å². The zero-order valence-corrected chi connectivity index (χ0v) is 27.9. The summed E-state index contributed by atoms with van der Waals surface area (Å²) in [6, 6.07) is 55.7.